The second-order valence-corrected chi connectivity index (χ2v) is 5.50. The molecule has 2 aliphatic heterocycles. The van der Waals surface area contributed by atoms with Crippen LogP contribution in [0.2, 0.25) is 10.3 Å². The minimum Gasteiger partial charge on any atom is -0.336 e. The molecule has 0 aromatic carbocycles. The van der Waals surface area contributed by atoms with Gasteiger partial charge in [-0.25, -0.2) is 9.78 Å². The highest BCUT2D eigenvalue weighted by Gasteiger charge is 2.37. The first-order valence-corrected chi connectivity index (χ1v) is 6.97. The summed E-state index contributed by atoms with van der Waals surface area (Å²) in [6.45, 7) is 2.08. The summed E-state index contributed by atoms with van der Waals surface area (Å²) in [7, 11) is 0. The van der Waals surface area contributed by atoms with Crippen LogP contribution in [0.4, 0.5) is 4.79 Å². The van der Waals surface area contributed by atoms with Gasteiger partial charge in [0.2, 0.25) is 0 Å². The molecule has 20 heavy (non-hydrogen) atoms. The Labute approximate surface area is 125 Å². The Morgan fingerprint density at radius 3 is 2.90 bits per heavy atom. The fourth-order valence-corrected chi connectivity index (χ4v) is 2.96. The number of carbonyl (C=O) groups is 2. The summed E-state index contributed by atoms with van der Waals surface area (Å²) in [5, 5.41) is 3.13. The third-order valence-electron chi connectivity index (χ3n) is 3.56. The van der Waals surface area contributed by atoms with E-state index >= 15 is 0 Å². The lowest BCUT2D eigenvalue weighted by molar-refractivity contribution is 0.0616. The third-order valence-corrected chi connectivity index (χ3v) is 4.06. The molecule has 1 atom stereocenters. The lowest BCUT2D eigenvalue weighted by atomic mass is 10.1. The maximum Gasteiger partial charge on any atom is 0.317 e. The van der Waals surface area contributed by atoms with Gasteiger partial charge in [-0.15, -0.1) is 0 Å². The molecule has 2 aliphatic rings. The van der Waals surface area contributed by atoms with E-state index in [2.05, 4.69) is 10.3 Å². The highest BCUT2D eigenvalue weighted by Crippen LogP contribution is 2.21. The van der Waals surface area contributed by atoms with E-state index in [0.29, 0.717) is 31.7 Å². The van der Waals surface area contributed by atoms with E-state index < -0.39 is 0 Å². The van der Waals surface area contributed by atoms with Crippen molar-refractivity contribution in [3.63, 3.8) is 0 Å². The SMILES string of the molecule is O=C(c1ccc(Cl)nc1Cl)N1CCN2C(=O)NCC2C1. The molecule has 2 saturated heterocycles. The van der Waals surface area contributed by atoms with Gasteiger partial charge in [0, 0.05) is 26.2 Å². The van der Waals surface area contributed by atoms with E-state index in [4.69, 9.17) is 23.2 Å². The van der Waals surface area contributed by atoms with Gasteiger partial charge in [-0.2, -0.15) is 0 Å². The van der Waals surface area contributed by atoms with E-state index in [0.717, 1.165) is 0 Å². The summed E-state index contributed by atoms with van der Waals surface area (Å²) in [6.07, 6.45) is 0. The number of amides is 3. The summed E-state index contributed by atoms with van der Waals surface area (Å²) < 4.78 is 0. The molecule has 3 amide bonds. The van der Waals surface area contributed by atoms with Gasteiger partial charge in [-0.05, 0) is 12.1 Å². The number of pyridine rings is 1. The zero-order chi connectivity index (χ0) is 14.3. The smallest absolute Gasteiger partial charge is 0.317 e. The molecule has 0 aliphatic carbocycles. The molecule has 0 radical (unpaired) electrons. The highest BCUT2D eigenvalue weighted by atomic mass is 35.5. The second kappa shape index (κ2) is 5.10. The van der Waals surface area contributed by atoms with Crippen molar-refractivity contribution in [3.05, 3.63) is 28.0 Å². The predicted molar refractivity (Wildman–Crippen MR) is 74.1 cm³/mol. The van der Waals surface area contributed by atoms with Crippen LogP contribution >= 0.6 is 23.2 Å². The normalized spacial score (nSPS) is 21.7. The topological polar surface area (TPSA) is 65.5 Å². The van der Waals surface area contributed by atoms with Crippen molar-refractivity contribution in [3.8, 4) is 0 Å². The molecule has 106 valence electrons. The Kier molecular flexibility index (Phi) is 3.43. The van der Waals surface area contributed by atoms with Gasteiger partial charge in [-0.1, -0.05) is 23.2 Å². The maximum atomic E-state index is 12.4. The van der Waals surface area contributed by atoms with Crippen LogP contribution in [0, 0.1) is 0 Å². The van der Waals surface area contributed by atoms with Gasteiger partial charge in [0.25, 0.3) is 5.91 Å². The van der Waals surface area contributed by atoms with Gasteiger partial charge < -0.3 is 15.1 Å². The van der Waals surface area contributed by atoms with Crippen molar-refractivity contribution in [2.24, 2.45) is 0 Å². The molecule has 1 unspecified atom stereocenters. The van der Waals surface area contributed by atoms with Crippen LogP contribution in [0.1, 0.15) is 10.4 Å². The van der Waals surface area contributed by atoms with Crippen LogP contribution in [0.3, 0.4) is 0 Å². The van der Waals surface area contributed by atoms with E-state index in [1.165, 1.54) is 6.07 Å². The van der Waals surface area contributed by atoms with Crippen molar-refractivity contribution in [2.75, 3.05) is 26.2 Å². The lowest BCUT2D eigenvalue weighted by Gasteiger charge is -2.36. The Bertz CT molecular complexity index is 581. The van der Waals surface area contributed by atoms with Crippen LogP contribution < -0.4 is 5.32 Å². The number of hydrogen-bond donors (Lipinski definition) is 1. The number of urea groups is 1. The maximum absolute atomic E-state index is 12.4. The molecule has 3 rings (SSSR count). The van der Waals surface area contributed by atoms with Gasteiger partial charge in [0.1, 0.15) is 10.3 Å². The zero-order valence-corrected chi connectivity index (χ0v) is 12.0. The molecule has 3 heterocycles. The first kappa shape index (κ1) is 13.5. The Balaban J connectivity index is 1.77. The fourth-order valence-electron chi connectivity index (χ4n) is 2.53. The summed E-state index contributed by atoms with van der Waals surface area (Å²) in [5.41, 5.74) is 0.335. The van der Waals surface area contributed by atoms with Crippen molar-refractivity contribution >= 4 is 35.1 Å². The molecule has 8 heteroatoms. The summed E-state index contributed by atoms with van der Waals surface area (Å²) >= 11 is 11.7. The predicted octanol–water partition coefficient (Wildman–Crippen LogP) is 1.24. The third kappa shape index (κ3) is 2.29. The van der Waals surface area contributed by atoms with Crippen molar-refractivity contribution in [1.29, 1.82) is 0 Å². The largest absolute Gasteiger partial charge is 0.336 e. The van der Waals surface area contributed by atoms with Gasteiger partial charge in [0.15, 0.2) is 0 Å². The standard InChI is InChI=1S/C12H12Cl2N4O2/c13-9-2-1-8(10(14)16-9)11(19)17-3-4-18-7(6-17)5-15-12(18)20/h1-2,7H,3-6H2,(H,15,20). The van der Waals surface area contributed by atoms with Crippen molar-refractivity contribution in [2.45, 2.75) is 6.04 Å². The molecule has 0 saturated carbocycles. The lowest BCUT2D eigenvalue weighted by Crippen LogP contribution is -2.53. The number of hydrogen-bond acceptors (Lipinski definition) is 3. The number of carbonyl (C=O) groups excluding carboxylic acids is 2. The molecular formula is C12H12Cl2N4O2. The second-order valence-electron chi connectivity index (χ2n) is 4.76. The van der Waals surface area contributed by atoms with Crippen LogP contribution in [0.25, 0.3) is 0 Å². The van der Waals surface area contributed by atoms with Crippen LogP contribution in [0.5, 0.6) is 0 Å². The summed E-state index contributed by atoms with van der Waals surface area (Å²) in [4.78, 5) is 31.3. The minimum atomic E-state index is -0.182. The molecule has 0 bridgehead atoms. The number of nitrogens with zero attached hydrogens (tertiary/aromatic N) is 3. The van der Waals surface area contributed by atoms with E-state index in [1.54, 1.807) is 15.9 Å². The fraction of sp³-hybridized carbons (Fsp3) is 0.417. The molecule has 1 N–H and O–H groups in total. The number of fused-ring (bicyclic) bond motifs is 1. The molecular weight excluding hydrogens is 303 g/mol. The summed E-state index contributed by atoms with van der Waals surface area (Å²) in [6, 6.07) is 3.08. The van der Waals surface area contributed by atoms with Gasteiger partial charge >= 0.3 is 6.03 Å². The highest BCUT2D eigenvalue weighted by molar-refractivity contribution is 6.34. The molecule has 1 aromatic rings. The Morgan fingerprint density at radius 2 is 2.15 bits per heavy atom. The number of halogens is 2. The van der Waals surface area contributed by atoms with E-state index in [-0.39, 0.29) is 28.3 Å². The number of nitrogens with one attached hydrogen (secondary N) is 1. The van der Waals surface area contributed by atoms with Gasteiger partial charge in [0.05, 0.1) is 11.6 Å². The molecule has 6 nitrogen and oxygen atoms in total. The van der Waals surface area contributed by atoms with Crippen molar-refractivity contribution < 1.29 is 9.59 Å². The first-order chi connectivity index (χ1) is 9.56. The van der Waals surface area contributed by atoms with Crippen LogP contribution in [-0.4, -0.2) is 58.9 Å². The Morgan fingerprint density at radius 1 is 1.35 bits per heavy atom. The molecule has 1 aromatic heterocycles. The van der Waals surface area contributed by atoms with Crippen molar-refractivity contribution in [1.82, 2.24) is 20.1 Å². The van der Waals surface area contributed by atoms with E-state index in [1.807, 2.05) is 0 Å². The number of aromatic nitrogens is 1. The minimum absolute atomic E-state index is 0.0271. The van der Waals surface area contributed by atoms with E-state index in [9.17, 15) is 9.59 Å². The Hall–Kier alpha value is -1.53. The quantitative estimate of drug-likeness (QED) is 0.793. The monoisotopic (exact) mass is 314 g/mol. The summed E-state index contributed by atoms with van der Waals surface area (Å²) in [5.74, 6) is -0.182. The van der Waals surface area contributed by atoms with Gasteiger partial charge in [-0.3, -0.25) is 4.79 Å². The first-order valence-electron chi connectivity index (χ1n) is 6.22. The number of piperazine rings is 1. The van der Waals surface area contributed by atoms with Crippen LogP contribution in [0.15, 0.2) is 12.1 Å². The average molecular weight is 315 g/mol. The zero-order valence-electron chi connectivity index (χ0n) is 10.5. The average Bonchev–Trinajstić information content (AvgIpc) is 2.79. The molecule has 2 fully saturated rings. The van der Waals surface area contributed by atoms with Crippen LogP contribution in [-0.2, 0) is 0 Å². The molecule has 0 spiro atoms. The number of rotatable bonds is 1.